The Morgan fingerprint density at radius 2 is 0.761 bits per heavy atom. The smallest absolute Gasteiger partial charge is 0.0279 e. The Kier molecular flexibility index (Phi) is 11.0. The molecule has 0 saturated heterocycles. The molecule has 0 N–H and O–H groups in total. The topological polar surface area (TPSA) is 0 Å². The molecule has 0 spiro atoms. The minimum Gasteiger partial charge on any atom is -0.168 e. The average molecular weight is 711 g/mol. The van der Waals surface area contributed by atoms with Gasteiger partial charge in [0.05, 0.1) is 0 Å². The number of rotatable bonds is 4. The van der Waals surface area contributed by atoms with E-state index in [2.05, 4.69) is 158 Å². The van der Waals surface area contributed by atoms with Gasteiger partial charge in [-0.3, -0.25) is 0 Å². The van der Waals surface area contributed by atoms with Crippen molar-refractivity contribution in [2.45, 2.75) is 0 Å². The van der Waals surface area contributed by atoms with Crippen LogP contribution in [0.5, 0.6) is 0 Å². The van der Waals surface area contributed by atoms with E-state index in [1.165, 1.54) is 43.8 Å². The predicted octanol–water partition coefficient (Wildman–Crippen LogP) is 12.6. The van der Waals surface area contributed by atoms with Crippen molar-refractivity contribution in [2.75, 3.05) is 0 Å². The second-order valence-corrected chi connectivity index (χ2v) is 18.9. The molecule has 0 saturated carbocycles. The van der Waals surface area contributed by atoms with Gasteiger partial charge in [0.25, 0.3) is 0 Å². The zero-order valence-corrected chi connectivity index (χ0v) is 29.2. The van der Waals surface area contributed by atoms with E-state index in [0.717, 1.165) is 14.3 Å². The molecule has 0 aliphatic heterocycles. The van der Waals surface area contributed by atoms with Crippen molar-refractivity contribution in [3.8, 4) is 22.3 Å². The van der Waals surface area contributed by atoms with Gasteiger partial charge in [-0.05, 0) is 11.1 Å². The van der Waals surface area contributed by atoms with Gasteiger partial charge >= 0.3 is 111 Å². The molecule has 8 aromatic rings. The summed E-state index contributed by atoms with van der Waals surface area (Å²) >= 11 is -2.44. The number of fused-ring (bicyclic) bond motifs is 2. The van der Waals surface area contributed by atoms with Crippen LogP contribution in [0.4, 0.5) is 0 Å². The molecular weight excluding hydrogens is 679 g/mol. The standard InChI is InChI=1S/2C15H11.C13H10.2ClH.Zr/c2*1-2-6-12(7-3-1)14-10-4-8-13-9-5-11-15(13)14;1-3-7-12(8-4-1)11-13-9-5-2-6-10-13;;;/h2*1-11H;1-10H;2*1H;/q2*-1;;;;+2/p-2. The summed E-state index contributed by atoms with van der Waals surface area (Å²) in [5.74, 6) is 0. The summed E-state index contributed by atoms with van der Waals surface area (Å²) in [6.07, 6.45) is 0. The summed E-state index contributed by atoms with van der Waals surface area (Å²) in [7, 11) is 12.5. The average Bonchev–Trinajstić information content (AvgIpc) is 3.81. The number of hydrogen-bond acceptors (Lipinski definition) is 0. The van der Waals surface area contributed by atoms with Crippen LogP contribution >= 0.6 is 17.0 Å². The Morgan fingerprint density at radius 1 is 0.391 bits per heavy atom. The van der Waals surface area contributed by atoms with Crippen LogP contribution in [0.25, 0.3) is 43.8 Å². The molecule has 8 rings (SSSR count). The fraction of sp³-hybridized carbons (Fsp3) is 0. The van der Waals surface area contributed by atoms with Crippen LogP contribution in [0.2, 0.25) is 0 Å². The maximum atomic E-state index is 6.24. The van der Waals surface area contributed by atoms with E-state index in [1.54, 1.807) is 0 Å². The van der Waals surface area contributed by atoms with Crippen LogP contribution in [0.3, 0.4) is 0 Å². The van der Waals surface area contributed by atoms with Gasteiger partial charge in [-0.1, -0.05) is 83.9 Å². The van der Waals surface area contributed by atoms with E-state index < -0.39 is 18.9 Å². The molecule has 0 fully saturated rings. The van der Waals surface area contributed by atoms with Gasteiger partial charge in [-0.15, -0.1) is 57.9 Å². The quantitative estimate of drug-likeness (QED) is 0.160. The summed E-state index contributed by atoms with van der Waals surface area (Å²) in [6, 6.07) is 67.1. The van der Waals surface area contributed by atoms with Crippen molar-refractivity contribution >= 4 is 41.8 Å². The van der Waals surface area contributed by atoms with E-state index in [-0.39, 0.29) is 0 Å². The first-order valence-electron chi connectivity index (χ1n) is 15.2. The van der Waals surface area contributed by atoms with E-state index in [0.29, 0.717) is 0 Å². The molecule has 0 atom stereocenters. The molecule has 0 aliphatic rings. The minimum absolute atomic E-state index is 1.15. The molecule has 0 heterocycles. The summed E-state index contributed by atoms with van der Waals surface area (Å²) < 4.78 is 1.15. The third-order valence-electron chi connectivity index (χ3n) is 7.84. The van der Waals surface area contributed by atoms with Crippen LogP contribution in [0.15, 0.2) is 194 Å². The van der Waals surface area contributed by atoms with Gasteiger partial charge in [0.2, 0.25) is 0 Å². The molecule has 0 amide bonds. The molecule has 0 radical (unpaired) electrons. The molecule has 3 heteroatoms. The fourth-order valence-corrected chi connectivity index (χ4v) is 10.1. The van der Waals surface area contributed by atoms with Crippen molar-refractivity contribution in [1.82, 2.24) is 0 Å². The molecule has 0 aromatic heterocycles. The normalized spacial score (nSPS) is 10.4. The fourth-order valence-electron chi connectivity index (χ4n) is 5.66. The van der Waals surface area contributed by atoms with Gasteiger partial charge in [0, 0.05) is 0 Å². The van der Waals surface area contributed by atoms with Crippen LogP contribution in [-0.2, 0) is 18.9 Å². The first-order valence-corrected chi connectivity index (χ1v) is 22.8. The molecule has 0 unspecified atom stereocenters. The van der Waals surface area contributed by atoms with Gasteiger partial charge < -0.3 is 0 Å². The molecule has 46 heavy (non-hydrogen) atoms. The van der Waals surface area contributed by atoms with Gasteiger partial charge in [-0.2, -0.15) is 24.3 Å². The third-order valence-corrected chi connectivity index (χ3v) is 12.4. The van der Waals surface area contributed by atoms with Crippen LogP contribution in [0, 0.1) is 0 Å². The van der Waals surface area contributed by atoms with E-state index >= 15 is 0 Å². The Labute approximate surface area is 286 Å². The molecule has 0 bridgehead atoms. The van der Waals surface area contributed by atoms with Gasteiger partial charge in [0.15, 0.2) is 0 Å². The predicted molar refractivity (Wildman–Crippen MR) is 198 cm³/mol. The van der Waals surface area contributed by atoms with Crippen LogP contribution in [-0.4, -0.2) is 3.21 Å². The summed E-state index contributed by atoms with van der Waals surface area (Å²) in [6.45, 7) is 0. The maximum Gasteiger partial charge on any atom is -0.0279 e. The van der Waals surface area contributed by atoms with Crippen molar-refractivity contribution in [1.29, 1.82) is 0 Å². The monoisotopic (exact) mass is 708 g/mol. The Hall–Kier alpha value is -4.13. The van der Waals surface area contributed by atoms with Crippen molar-refractivity contribution < 1.29 is 18.9 Å². The Balaban J connectivity index is 0.000000121. The van der Waals surface area contributed by atoms with E-state index in [9.17, 15) is 0 Å². The minimum atomic E-state index is -2.44. The van der Waals surface area contributed by atoms with E-state index in [4.69, 9.17) is 17.0 Å². The van der Waals surface area contributed by atoms with Crippen molar-refractivity contribution in [2.24, 2.45) is 0 Å². The number of halogens is 2. The van der Waals surface area contributed by atoms with Gasteiger partial charge in [0.1, 0.15) is 0 Å². The second kappa shape index (κ2) is 15.9. The summed E-state index contributed by atoms with van der Waals surface area (Å²) in [4.78, 5) is 0. The molecule has 8 aromatic carbocycles. The zero-order valence-electron chi connectivity index (χ0n) is 25.2. The van der Waals surface area contributed by atoms with Crippen LogP contribution < -0.4 is 0 Å². The summed E-state index contributed by atoms with van der Waals surface area (Å²) in [5.41, 5.74) is 7.50. The second-order valence-electron chi connectivity index (χ2n) is 10.8. The maximum absolute atomic E-state index is 6.24. The Morgan fingerprint density at radius 3 is 1.13 bits per heavy atom. The largest absolute Gasteiger partial charge is 0.168 e. The number of benzene rings is 6. The molecule has 0 aliphatic carbocycles. The van der Waals surface area contributed by atoms with Gasteiger partial charge in [-0.25, -0.2) is 0 Å². The van der Waals surface area contributed by atoms with Crippen molar-refractivity contribution in [3.63, 3.8) is 0 Å². The van der Waals surface area contributed by atoms with Crippen LogP contribution in [0.1, 0.15) is 11.1 Å². The molecular formula is C43H32Cl2Zr-2. The van der Waals surface area contributed by atoms with E-state index in [1.807, 2.05) is 36.4 Å². The van der Waals surface area contributed by atoms with Crippen molar-refractivity contribution in [3.05, 3.63) is 205 Å². The zero-order chi connectivity index (χ0) is 31.6. The first kappa shape index (κ1) is 31.8. The third kappa shape index (κ3) is 7.80. The Bertz CT molecular complexity index is 1990. The molecule has 0 nitrogen and oxygen atoms in total. The SMILES string of the molecule is [Cl][Zr]([Cl])=[C](c1ccccc1)c1ccccc1.c1ccc(-c2cccc3[cH-]ccc23)cc1.c1ccc(-c2cccc3[cH-]ccc23)cc1. The first-order chi connectivity index (χ1) is 22.7. The number of hydrogen-bond donors (Lipinski definition) is 0. The molecule has 224 valence electrons. The summed E-state index contributed by atoms with van der Waals surface area (Å²) in [5, 5.41) is 5.31.